The van der Waals surface area contributed by atoms with E-state index in [-0.39, 0.29) is 11.8 Å². The van der Waals surface area contributed by atoms with Gasteiger partial charge in [0.25, 0.3) is 10.0 Å². The van der Waals surface area contributed by atoms with E-state index in [9.17, 15) is 8.42 Å². The van der Waals surface area contributed by atoms with Gasteiger partial charge in [-0.05, 0) is 89.2 Å². The van der Waals surface area contributed by atoms with Crippen molar-refractivity contribution in [2.75, 3.05) is 39.8 Å². The minimum Gasteiger partial charge on any atom is -0.497 e. The van der Waals surface area contributed by atoms with Crippen LogP contribution in [0.5, 0.6) is 5.75 Å². The molecule has 1 fully saturated rings. The number of sulfonamides is 1. The van der Waals surface area contributed by atoms with Crippen LogP contribution in [0.25, 0.3) is 0 Å². The van der Waals surface area contributed by atoms with Crippen LogP contribution in [0.4, 0.5) is 0 Å². The van der Waals surface area contributed by atoms with Crippen molar-refractivity contribution in [2.45, 2.75) is 83.6 Å². The maximum absolute atomic E-state index is 14.0. The number of nitrogens with zero attached hydrogens (tertiary/aromatic N) is 3. The molecule has 0 unspecified atom stereocenters. The lowest BCUT2D eigenvalue weighted by Gasteiger charge is -2.34. The molecule has 0 aromatic heterocycles. The van der Waals surface area contributed by atoms with Crippen LogP contribution in [0.15, 0.2) is 76.7 Å². The molecule has 1 heterocycles. The predicted octanol–water partition coefficient (Wildman–Crippen LogP) is 7.35. The standard InChI is InChI=1S/C37H52N4O3S/c1-27(2)32-24-34(28(3)4)37(35(25-32)29(5)6)45(42,43)39-38-36(31-15-17-33(44-7)18-16-31)14-11-19-40-20-22-41(23-21-40)26-30-12-9-8-10-13-30/h8-10,12-13,15-18,24-25,27-29,39H,11,14,19-23,26H2,1-7H3. The largest absolute Gasteiger partial charge is 0.497 e. The maximum Gasteiger partial charge on any atom is 0.277 e. The number of methoxy groups -OCH3 is 1. The molecule has 3 aromatic rings. The molecule has 0 bridgehead atoms. The van der Waals surface area contributed by atoms with Gasteiger partial charge in [0, 0.05) is 32.7 Å². The average Bonchev–Trinajstić information content (AvgIpc) is 3.03. The van der Waals surface area contributed by atoms with E-state index >= 15 is 0 Å². The smallest absolute Gasteiger partial charge is 0.277 e. The Balaban J connectivity index is 1.51. The summed E-state index contributed by atoms with van der Waals surface area (Å²) in [5.74, 6) is 1.15. The monoisotopic (exact) mass is 632 g/mol. The molecule has 1 N–H and O–H groups in total. The first-order chi connectivity index (χ1) is 21.5. The van der Waals surface area contributed by atoms with Crippen LogP contribution in [-0.4, -0.2) is 63.8 Å². The number of hydrogen-bond acceptors (Lipinski definition) is 6. The van der Waals surface area contributed by atoms with E-state index in [1.807, 2.05) is 24.3 Å². The molecule has 7 nitrogen and oxygen atoms in total. The normalized spacial score (nSPS) is 15.3. The second-order valence-corrected chi connectivity index (χ2v) is 14.7. The number of nitrogens with one attached hydrogen (secondary N) is 1. The van der Waals surface area contributed by atoms with Gasteiger partial charge in [-0.2, -0.15) is 18.4 Å². The van der Waals surface area contributed by atoms with E-state index in [0.29, 0.717) is 17.2 Å². The zero-order valence-corrected chi connectivity index (χ0v) is 29.0. The highest BCUT2D eigenvalue weighted by molar-refractivity contribution is 7.89. The van der Waals surface area contributed by atoms with Gasteiger partial charge in [0.15, 0.2) is 0 Å². The molecular weight excluding hydrogens is 580 g/mol. The topological polar surface area (TPSA) is 74.2 Å². The molecule has 8 heteroatoms. The minimum atomic E-state index is -3.93. The highest BCUT2D eigenvalue weighted by atomic mass is 32.2. The van der Waals surface area contributed by atoms with E-state index in [4.69, 9.17) is 4.74 Å². The van der Waals surface area contributed by atoms with Gasteiger partial charge in [-0.15, -0.1) is 0 Å². The van der Waals surface area contributed by atoms with Crippen molar-refractivity contribution in [3.05, 3.63) is 94.5 Å². The fourth-order valence-electron chi connectivity index (χ4n) is 5.89. The van der Waals surface area contributed by atoms with Crippen molar-refractivity contribution in [1.29, 1.82) is 0 Å². The van der Waals surface area contributed by atoms with Crippen LogP contribution in [0.2, 0.25) is 0 Å². The number of ether oxygens (including phenoxy) is 1. The zero-order valence-electron chi connectivity index (χ0n) is 28.2. The first-order valence-electron chi connectivity index (χ1n) is 16.4. The average molecular weight is 633 g/mol. The Morgan fingerprint density at radius 1 is 0.822 bits per heavy atom. The Morgan fingerprint density at radius 3 is 1.93 bits per heavy atom. The quantitative estimate of drug-likeness (QED) is 0.149. The lowest BCUT2D eigenvalue weighted by molar-refractivity contribution is 0.126. The van der Waals surface area contributed by atoms with Gasteiger partial charge in [-0.25, -0.2) is 0 Å². The molecule has 4 rings (SSSR count). The van der Waals surface area contributed by atoms with E-state index in [1.54, 1.807) is 7.11 Å². The lowest BCUT2D eigenvalue weighted by Crippen LogP contribution is -2.46. The Labute approximate surface area is 271 Å². The molecule has 1 saturated heterocycles. The second kappa shape index (κ2) is 15.9. The highest BCUT2D eigenvalue weighted by Crippen LogP contribution is 2.35. The summed E-state index contributed by atoms with van der Waals surface area (Å²) in [5.41, 5.74) is 5.79. The Hall–Kier alpha value is -3.20. The Kier molecular flexibility index (Phi) is 12.2. The van der Waals surface area contributed by atoms with Gasteiger partial charge in [0.2, 0.25) is 0 Å². The van der Waals surface area contributed by atoms with Crippen molar-refractivity contribution in [2.24, 2.45) is 5.10 Å². The summed E-state index contributed by atoms with van der Waals surface area (Å²) >= 11 is 0. The third kappa shape index (κ3) is 9.41. The first-order valence-corrected chi connectivity index (χ1v) is 17.9. The SMILES string of the molecule is COc1ccc(C(CCCN2CCN(Cc3ccccc3)CC2)=NNS(=O)(=O)c2c(C(C)C)cc(C(C)C)cc2C(C)C)cc1. The Bertz CT molecular complexity index is 1480. The predicted molar refractivity (Wildman–Crippen MR) is 186 cm³/mol. The molecule has 1 aliphatic heterocycles. The fraction of sp³-hybridized carbons (Fsp3) is 0.486. The van der Waals surface area contributed by atoms with Gasteiger partial charge in [0.05, 0.1) is 17.7 Å². The number of rotatable bonds is 14. The molecule has 0 amide bonds. The second-order valence-electron chi connectivity index (χ2n) is 13.1. The summed E-state index contributed by atoms with van der Waals surface area (Å²) in [7, 11) is -2.29. The van der Waals surface area contributed by atoms with Crippen molar-refractivity contribution in [3.63, 3.8) is 0 Å². The van der Waals surface area contributed by atoms with Crippen molar-refractivity contribution in [3.8, 4) is 5.75 Å². The van der Waals surface area contributed by atoms with Gasteiger partial charge < -0.3 is 9.64 Å². The molecule has 0 atom stereocenters. The van der Waals surface area contributed by atoms with Gasteiger partial charge in [-0.1, -0.05) is 84.0 Å². The molecule has 3 aromatic carbocycles. The summed E-state index contributed by atoms with van der Waals surface area (Å²) in [5, 5.41) is 4.61. The molecule has 244 valence electrons. The highest BCUT2D eigenvalue weighted by Gasteiger charge is 2.27. The summed E-state index contributed by atoms with van der Waals surface area (Å²) in [6.45, 7) is 18.6. The van der Waals surface area contributed by atoms with E-state index in [1.165, 1.54) is 5.56 Å². The van der Waals surface area contributed by atoms with Crippen molar-refractivity contribution < 1.29 is 13.2 Å². The van der Waals surface area contributed by atoms with Crippen LogP contribution in [0, 0.1) is 0 Å². The molecule has 1 aliphatic rings. The summed E-state index contributed by atoms with van der Waals surface area (Å²) < 4.78 is 33.4. The van der Waals surface area contributed by atoms with Gasteiger partial charge >= 0.3 is 0 Å². The van der Waals surface area contributed by atoms with Gasteiger partial charge in [0.1, 0.15) is 5.75 Å². The minimum absolute atomic E-state index is 0.0472. The number of piperazine rings is 1. The molecule has 0 saturated carbocycles. The number of benzene rings is 3. The van der Waals surface area contributed by atoms with E-state index < -0.39 is 10.0 Å². The molecule has 0 aliphatic carbocycles. The molecule has 45 heavy (non-hydrogen) atoms. The van der Waals surface area contributed by atoms with Crippen LogP contribution < -0.4 is 9.57 Å². The van der Waals surface area contributed by atoms with Crippen molar-refractivity contribution >= 4 is 15.7 Å². The zero-order chi connectivity index (χ0) is 32.6. The first kappa shape index (κ1) is 34.7. The fourth-order valence-corrected chi connectivity index (χ4v) is 7.42. The third-order valence-corrected chi connectivity index (χ3v) is 10.0. The third-order valence-electron chi connectivity index (χ3n) is 8.67. The number of hydrogen-bond donors (Lipinski definition) is 1. The summed E-state index contributed by atoms with van der Waals surface area (Å²) in [6, 6.07) is 22.4. The maximum atomic E-state index is 14.0. The van der Waals surface area contributed by atoms with E-state index in [2.05, 4.69) is 104 Å². The van der Waals surface area contributed by atoms with Crippen molar-refractivity contribution in [1.82, 2.24) is 14.6 Å². The molecule has 0 radical (unpaired) electrons. The van der Waals surface area contributed by atoms with Gasteiger partial charge in [-0.3, -0.25) is 4.90 Å². The van der Waals surface area contributed by atoms with Crippen LogP contribution >= 0.6 is 0 Å². The van der Waals surface area contributed by atoms with E-state index in [0.717, 1.165) is 79.4 Å². The Morgan fingerprint density at radius 2 is 1.40 bits per heavy atom. The van der Waals surface area contributed by atoms with Crippen LogP contribution in [-0.2, 0) is 16.6 Å². The molecule has 0 spiro atoms. The van der Waals surface area contributed by atoms with Crippen LogP contribution in [0.3, 0.4) is 0 Å². The molecular formula is C37H52N4O3S. The summed E-state index contributed by atoms with van der Waals surface area (Å²) in [4.78, 5) is 8.04. The van der Waals surface area contributed by atoms with Crippen LogP contribution in [0.1, 0.15) is 100.0 Å². The summed E-state index contributed by atoms with van der Waals surface area (Å²) in [6.07, 6.45) is 1.53. The lowest BCUT2D eigenvalue weighted by atomic mass is 9.89. The number of hydrazone groups is 1.